The molecule has 0 saturated carbocycles. The van der Waals surface area contributed by atoms with E-state index in [1.807, 2.05) is 6.92 Å². The lowest BCUT2D eigenvalue weighted by molar-refractivity contribution is 0.110. The molecule has 2 aromatic rings. The number of sulfonamides is 2. The Morgan fingerprint density at radius 3 is 2.31 bits per heavy atom. The third-order valence-corrected chi connectivity index (χ3v) is 7.47. The zero-order valence-corrected chi connectivity index (χ0v) is 17.9. The third kappa shape index (κ3) is 4.55. The molecule has 1 aliphatic heterocycles. The number of primary sulfonamides is 1. The Morgan fingerprint density at radius 2 is 1.69 bits per heavy atom. The molecular weight excluding hydrogens is 416 g/mol. The molecule has 2 aromatic carbocycles. The van der Waals surface area contributed by atoms with Crippen LogP contribution in [0.25, 0.3) is 0 Å². The topological polar surface area (TPSA) is 116 Å². The Hall–Kier alpha value is -2.14. The molecule has 1 unspecified atom stereocenters. The fraction of sp³-hybridized carbons (Fsp3) is 0.368. The molecule has 0 spiro atoms. The van der Waals surface area contributed by atoms with Crippen molar-refractivity contribution in [2.45, 2.75) is 36.1 Å². The SMILES string of the molecule is CCOCCOc1ccc(S(=O)(=O)N2c3ccc(S(N)(=O)=O)cc3CC2C)cc1. The highest BCUT2D eigenvalue weighted by Gasteiger charge is 2.36. The Kier molecular flexibility index (Phi) is 6.18. The summed E-state index contributed by atoms with van der Waals surface area (Å²) in [5, 5.41) is 5.18. The Morgan fingerprint density at radius 1 is 1.03 bits per heavy atom. The number of hydrogen-bond acceptors (Lipinski definition) is 6. The molecule has 1 aliphatic rings. The van der Waals surface area contributed by atoms with E-state index in [0.717, 1.165) is 0 Å². The van der Waals surface area contributed by atoms with Crippen LogP contribution in [0.2, 0.25) is 0 Å². The Labute approximate surface area is 171 Å². The van der Waals surface area contributed by atoms with Crippen molar-refractivity contribution in [3.8, 4) is 5.75 Å². The van der Waals surface area contributed by atoms with Gasteiger partial charge in [-0.15, -0.1) is 0 Å². The normalized spacial score (nSPS) is 16.7. The second-order valence-corrected chi connectivity index (χ2v) is 10.1. The van der Waals surface area contributed by atoms with Crippen LogP contribution in [0.3, 0.4) is 0 Å². The first kappa shape index (κ1) is 21.6. The Bertz CT molecular complexity index is 1080. The van der Waals surface area contributed by atoms with Gasteiger partial charge in [-0.3, -0.25) is 4.31 Å². The van der Waals surface area contributed by atoms with E-state index in [9.17, 15) is 16.8 Å². The van der Waals surface area contributed by atoms with Crippen LogP contribution in [-0.4, -0.2) is 42.7 Å². The fourth-order valence-corrected chi connectivity index (χ4v) is 5.56. The highest BCUT2D eigenvalue weighted by molar-refractivity contribution is 7.93. The summed E-state index contributed by atoms with van der Waals surface area (Å²) in [4.78, 5) is 0.0983. The highest BCUT2D eigenvalue weighted by atomic mass is 32.2. The van der Waals surface area contributed by atoms with Gasteiger partial charge in [0.1, 0.15) is 12.4 Å². The second kappa shape index (κ2) is 8.31. The number of hydrogen-bond donors (Lipinski definition) is 1. The predicted octanol–water partition coefficient (Wildman–Crippen LogP) is 1.89. The molecule has 0 saturated heterocycles. The maximum Gasteiger partial charge on any atom is 0.264 e. The number of nitrogens with two attached hydrogens (primary N) is 1. The average Bonchev–Trinajstić information content (AvgIpc) is 3.00. The molecule has 0 aromatic heterocycles. The average molecular weight is 441 g/mol. The largest absolute Gasteiger partial charge is 0.491 e. The van der Waals surface area contributed by atoms with E-state index in [-0.39, 0.29) is 15.8 Å². The predicted molar refractivity (Wildman–Crippen MR) is 109 cm³/mol. The third-order valence-electron chi connectivity index (χ3n) is 4.61. The Balaban J connectivity index is 1.85. The maximum absolute atomic E-state index is 13.2. The first-order valence-corrected chi connectivity index (χ1v) is 12.1. The van der Waals surface area contributed by atoms with Gasteiger partial charge in [0.25, 0.3) is 10.0 Å². The molecule has 0 amide bonds. The molecule has 3 rings (SSSR count). The summed E-state index contributed by atoms with van der Waals surface area (Å²) < 4.78 is 61.7. The summed E-state index contributed by atoms with van der Waals surface area (Å²) in [6.07, 6.45) is 0.399. The number of benzene rings is 2. The lowest BCUT2D eigenvalue weighted by atomic mass is 10.1. The lowest BCUT2D eigenvalue weighted by Crippen LogP contribution is -2.35. The minimum absolute atomic E-state index is 0.0312. The van der Waals surface area contributed by atoms with Gasteiger partial charge in [0.05, 0.1) is 22.1 Å². The number of anilines is 1. The van der Waals surface area contributed by atoms with Crippen molar-refractivity contribution in [3.05, 3.63) is 48.0 Å². The van der Waals surface area contributed by atoms with E-state index < -0.39 is 20.0 Å². The van der Waals surface area contributed by atoms with Gasteiger partial charge in [0.2, 0.25) is 10.0 Å². The standard InChI is InChI=1S/C19H24N2O6S2/c1-3-26-10-11-27-16-4-6-17(7-5-16)29(24,25)21-14(2)12-15-13-18(28(20,22)23)8-9-19(15)21/h4-9,13-14H,3,10-12H2,1-2H3,(H2,20,22,23). The number of nitrogens with zero attached hydrogens (tertiary/aromatic N) is 1. The fourth-order valence-electron chi connectivity index (χ4n) is 3.31. The molecule has 29 heavy (non-hydrogen) atoms. The molecule has 2 N–H and O–H groups in total. The summed E-state index contributed by atoms with van der Waals surface area (Å²) in [5.74, 6) is 0.552. The number of rotatable bonds is 8. The van der Waals surface area contributed by atoms with Gasteiger partial charge in [-0.2, -0.15) is 0 Å². The molecule has 0 aliphatic carbocycles. The molecular formula is C19H24N2O6S2. The summed E-state index contributed by atoms with van der Waals surface area (Å²) in [5.41, 5.74) is 1.09. The van der Waals surface area contributed by atoms with Crippen molar-refractivity contribution in [2.75, 3.05) is 24.1 Å². The molecule has 0 fully saturated rings. The van der Waals surface area contributed by atoms with Crippen LogP contribution in [0, 0.1) is 0 Å². The first-order chi connectivity index (χ1) is 13.6. The maximum atomic E-state index is 13.2. The van der Waals surface area contributed by atoms with Crippen molar-refractivity contribution in [2.24, 2.45) is 5.14 Å². The zero-order chi connectivity index (χ0) is 21.2. The van der Waals surface area contributed by atoms with E-state index in [1.165, 1.54) is 34.6 Å². The minimum Gasteiger partial charge on any atom is -0.491 e. The van der Waals surface area contributed by atoms with E-state index in [4.69, 9.17) is 14.6 Å². The van der Waals surface area contributed by atoms with Crippen LogP contribution >= 0.6 is 0 Å². The molecule has 1 atom stereocenters. The van der Waals surface area contributed by atoms with Gasteiger partial charge in [-0.1, -0.05) is 0 Å². The van der Waals surface area contributed by atoms with Gasteiger partial charge in [0, 0.05) is 12.6 Å². The van der Waals surface area contributed by atoms with Crippen molar-refractivity contribution < 1.29 is 26.3 Å². The number of fused-ring (bicyclic) bond motifs is 1. The second-order valence-electron chi connectivity index (χ2n) is 6.71. The van der Waals surface area contributed by atoms with E-state index in [1.54, 1.807) is 19.1 Å². The molecule has 8 nitrogen and oxygen atoms in total. The first-order valence-electron chi connectivity index (χ1n) is 9.15. The van der Waals surface area contributed by atoms with Crippen LogP contribution < -0.4 is 14.2 Å². The molecule has 158 valence electrons. The summed E-state index contributed by atoms with van der Waals surface area (Å²) in [7, 11) is -7.68. The van der Waals surface area contributed by atoms with E-state index in [2.05, 4.69) is 0 Å². The van der Waals surface area contributed by atoms with Gasteiger partial charge in [-0.05, 0) is 68.3 Å². The van der Waals surface area contributed by atoms with Crippen LogP contribution in [0.4, 0.5) is 5.69 Å². The van der Waals surface area contributed by atoms with Crippen molar-refractivity contribution in [1.82, 2.24) is 0 Å². The molecule has 1 heterocycles. The molecule has 0 bridgehead atoms. The van der Waals surface area contributed by atoms with Crippen LogP contribution in [0.15, 0.2) is 52.3 Å². The molecule has 0 radical (unpaired) electrons. The van der Waals surface area contributed by atoms with Crippen LogP contribution in [0.5, 0.6) is 5.75 Å². The zero-order valence-electron chi connectivity index (χ0n) is 16.2. The van der Waals surface area contributed by atoms with Crippen LogP contribution in [-0.2, 0) is 31.2 Å². The van der Waals surface area contributed by atoms with Gasteiger partial charge >= 0.3 is 0 Å². The van der Waals surface area contributed by atoms with Gasteiger partial charge in [-0.25, -0.2) is 22.0 Å². The highest BCUT2D eigenvalue weighted by Crippen LogP contribution is 2.38. The van der Waals surface area contributed by atoms with Crippen molar-refractivity contribution in [1.29, 1.82) is 0 Å². The smallest absolute Gasteiger partial charge is 0.264 e. The quantitative estimate of drug-likeness (QED) is 0.627. The molecule has 10 heteroatoms. The van der Waals surface area contributed by atoms with E-state index >= 15 is 0 Å². The summed E-state index contributed by atoms with van der Waals surface area (Å²) >= 11 is 0. The van der Waals surface area contributed by atoms with Gasteiger partial charge < -0.3 is 9.47 Å². The van der Waals surface area contributed by atoms with Crippen molar-refractivity contribution in [3.63, 3.8) is 0 Å². The number of ether oxygens (including phenoxy) is 2. The van der Waals surface area contributed by atoms with Gasteiger partial charge in [0.15, 0.2) is 0 Å². The van der Waals surface area contributed by atoms with Crippen molar-refractivity contribution >= 4 is 25.7 Å². The minimum atomic E-state index is -3.85. The van der Waals surface area contributed by atoms with E-state index in [0.29, 0.717) is 43.2 Å². The van der Waals surface area contributed by atoms with Crippen LogP contribution in [0.1, 0.15) is 19.4 Å². The monoisotopic (exact) mass is 440 g/mol. The summed E-state index contributed by atoms with van der Waals surface area (Å²) in [6, 6.07) is 10.1. The summed E-state index contributed by atoms with van der Waals surface area (Å²) in [6.45, 7) is 5.11. The lowest BCUT2D eigenvalue weighted by Gasteiger charge is -2.24.